The molecular formula is C18H15N5O2. The number of nitrogens with zero attached hydrogens (tertiary/aromatic N) is 4. The summed E-state index contributed by atoms with van der Waals surface area (Å²) >= 11 is 0. The summed E-state index contributed by atoms with van der Waals surface area (Å²) in [4.78, 5) is 14.1. The number of nitrogens with one attached hydrogen (secondary N) is 1. The fourth-order valence-corrected chi connectivity index (χ4v) is 2.58. The maximum atomic E-state index is 11.3. The Morgan fingerprint density at radius 1 is 1.04 bits per heavy atom. The van der Waals surface area contributed by atoms with Crippen molar-refractivity contribution in [1.29, 1.82) is 0 Å². The second kappa shape index (κ2) is 6.56. The first-order valence-corrected chi connectivity index (χ1v) is 7.83. The minimum absolute atomic E-state index is 0.124. The zero-order chi connectivity index (χ0) is 17.1. The zero-order valence-electron chi connectivity index (χ0n) is 13.3. The summed E-state index contributed by atoms with van der Waals surface area (Å²) in [5.41, 5.74) is 1.76. The van der Waals surface area contributed by atoms with Crippen LogP contribution in [-0.2, 0) is 13.2 Å². The van der Waals surface area contributed by atoms with E-state index in [9.17, 15) is 4.79 Å². The molecule has 0 atom stereocenters. The molecule has 2 aromatic heterocycles. The lowest BCUT2D eigenvalue weighted by Crippen LogP contribution is -2.10. The molecule has 0 bridgehead atoms. The molecule has 4 aromatic rings. The van der Waals surface area contributed by atoms with Crippen LogP contribution in [0.15, 0.2) is 65.5 Å². The number of fused-ring (bicyclic) bond motifs is 1. The number of aromatic nitrogens is 5. The Morgan fingerprint density at radius 2 is 1.92 bits per heavy atom. The lowest BCUT2D eigenvalue weighted by Gasteiger charge is -2.08. The van der Waals surface area contributed by atoms with E-state index in [1.54, 1.807) is 10.7 Å². The molecule has 0 saturated carbocycles. The molecule has 2 aromatic carbocycles. The smallest absolute Gasteiger partial charge is 0.248 e. The molecule has 0 unspecified atom stereocenters. The first kappa shape index (κ1) is 15.1. The van der Waals surface area contributed by atoms with E-state index < -0.39 is 0 Å². The summed E-state index contributed by atoms with van der Waals surface area (Å²) in [5.74, 6) is 1.33. The highest BCUT2D eigenvalue weighted by atomic mass is 16.5. The molecule has 0 saturated heterocycles. The molecule has 7 heteroatoms. The average Bonchev–Trinajstić information content (AvgIpc) is 3.08. The van der Waals surface area contributed by atoms with Crippen LogP contribution in [0.5, 0.6) is 5.75 Å². The predicted octanol–water partition coefficient (Wildman–Crippen LogP) is 2.14. The SMILES string of the molecule is O=c1ccc2cc(OCc3nnnn3Cc3ccccc3)ccc2[nH]1. The minimum Gasteiger partial charge on any atom is -0.486 e. The highest BCUT2D eigenvalue weighted by Crippen LogP contribution is 2.19. The van der Waals surface area contributed by atoms with Crippen molar-refractivity contribution in [2.75, 3.05) is 0 Å². The average molecular weight is 333 g/mol. The molecule has 0 amide bonds. The molecule has 7 nitrogen and oxygen atoms in total. The monoisotopic (exact) mass is 333 g/mol. The highest BCUT2D eigenvalue weighted by molar-refractivity contribution is 5.79. The van der Waals surface area contributed by atoms with Crippen LogP contribution in [0.1, 0.15) is 11.4 Å². The van der Waals surface area contributed by atoms with Crippen LogP contribution in [0.4, 0.5) is 0 Å². The van der Waals surface area contributed by atoms with Crippen LogP contribution >= 0.6 is 0 Å². The fraction of sp³-hybridized carbons (Fsp3) is 0.111. The second-order valence-electron chi connectivity index (χ2n) is 5.60. The molecule has 25 heavy (non-hydrogen) atoms. The minimum atomic E-state index is -0.124. The molecule has 0 aliphatic rings. The first-order valence-electron chi connectivity index (χ1n) is 7.83. The zero-order valence-corrected chi connectivity index (χ0v) is 13.3. The van der Waals surface area contributed by atoms with Crippen LogP contribution in [0, 0.1) is 0 Å². The number of H-pyrrole nitrogens is 1. The van der Waals surface area contributed by atoms with E-state index in [0.29, 0.717) is 18.1 Å². The van der Waals surface area contributed by atoms with Crippen molar-refractivity contribution in [2.24, 2.45) is 0 Å². The molecular weight excluding hydrogens is 318 g/mol. The van der Waals surface area contributed by atoms with Gasteiger partial charge in [-0.05, 0) is 40.3 Å². The Labute approximate surface area is 142 Å². The highest BCUT2D eigenvalue weighted by Gasteiger charge is 2.08. The Bertz CT molecular complexity index is 1060. The topological polar surface area (TPSA) is 85.7 Å². The van der Waals surface area contributed by atoms with Crippen molar-refractivity contribution in [3.63, 3.8) is 0 Å². The van der Waals surface area contributed by atoms with Gasteiger partial charge in [0.25, 0.3) is 0 Å². The van der Waals surface area contributed by atoms with Gasteiger partial charge in [0.1, 0.15) is 12.4 Å². The molecule has 4 rings (SSSR count). The summed E-state index contributed by atoms with van der Waals surface area (Å²) in [7, 11) is 0. The lowest BCUT2D eigenvalue weighted by atomic mass is 10.2. The van der Waals surface area contributed by atoms with Crippen LogP contribution in [0.25, 0.3) is 10.9 Å². The number of hydrogen-bond donors (Lipinski definition) is 1. The van der Waals surface area contributed by atoms with Gasteiger partial charge in [-0.3, -0.25) is 4.79 Å². The third-order valence-corrected chi connectivity index (χ3v) is 3.84. The van der Waals surface area contributed by atoms with Gasteiger partial charge in [-0.2, -0.15) is 0 Å². The van der Waals surface area contributed by atoms with Crippen molar-refractivity contribution in [1.82, 2.24) is 25.2 Å². The molecule has 1 N–H and O–H groups in total. The van der Waals surface area contributed by atoms with Crippen molar-refractivity contribution in [3.8, 4) is 5.75 Å². The third kappa shape index (κ3) is 3.40. The van der Waals surface area contributed by atoms with E-state index in [0.717, 1.165) is 16.5 Å². The van der Waals surface area contributed by atoms with Gasteiger partial charge in [0.05, 0.1) is 6.54 Å². The molecule has 2 heterocycles. The van der Waals surface area contributed by atoms with Crippen LogP contribution in [-0.4, -0.2) is 25.2 Å². The van der Waals surface area contributed by atoms with Gasteiger partial charge >= 0.3 is 0 Å². The number of aromatic amines is 1. The Morgan fingerprint density at radius 3 is 2.80 bits per heavy atom. The molecule has 0 fully saturated rings. The molecule has 0 radical (unpaired) electrons. The number of hydrogen-bond acceptors (Lipinski definition) is 5. The van der Waals surface area contributed by atoms with Crippen molar-refractivity contribution >= 4 is 10.9 Å². The molecule has 0 aliphatic carbocycles. The summed E-state index contributed by atoms with van der Waals surface area (Å²) in [5, 5.41) is 12.7. The first-order chi connectivity index (χ1) is 12.3. The fourth-order valence-electron chi connectivity index (χ4n) is 2.58. The number of ether oxygens (including phenoxy) is 1. The van der Waals surface area contributed by atoms with E-state index in [-0.39, 0.29) is 12.2 Å². The van der Waals surface area contributed by atoms with Crippen molar-refractivity contribution in [3.05, 3.63) is 82.4 Å². The second-order valence-corrected chi connectivity index (χ2v) is 5.60. The number of pyridine rings is 1. The Balaban J connectivity index is 1.49. The number of benzene rings is 2. The van der Waals surface area contributed by atoms with E-state index in [2.05, 4.69) is 20.5 Å². The normalized spacial score (nSPS) is 10.9. The van der Waals surface area contributed by atoms with E-state index in [4.69, 9.17) is 4.74 Å². The standard InChI is InChI=1S/C18H15N5O2/c24-18-9-6-14-10-15(7-8-16(14)19-18)25-12-17-20-21-22-23(17)11-13-4-2-1-3-5-13/h1-10H,11-12H2,(H,19,24). The summed E-state index contributed by atoms with van der Waals surface area (Å²) in [6.07, 6.45) is 0. The van der Waals surface area contributed by atoms with Crippen molar-refractivity contribution < 1.29 is 4.74 Å². The van der Waals surface area contributed by atoms with Gasteiger partial charge in [0.15, 0.2) is 5.82 Å². The Kier molecular flexibility index (Phi) is 3.96. The summed E-state index contributed by atoms with van der Waals surface area (Å²) < 4.78 is 7.53. The predicted molar refractivity (Wildman–Crippen MR) is 92.3 cm³/mol. The van der Waals surface area contributed by atoms with Gasteiger partial charge in [-0.25, -0.2) is 4.68 Å². The van der Waals surface area contributed by atoms with Gasteiger partial charge in [-0.1, -0.05) is 30.3 Å². The number of tetrazole rings is 1. The molecule has 124 valence electrons. The van der Waals surface area contributed by atoms with E-state index in [1.807, 2.05) is 48.5 Å². The summed E-state index contributed by atoms with van der Waals surface area (Å²) in [6.45, 7) is 0.847. The third-order valence-electron chi connectivity index (χ3n) is 3.84. The molecule has 0 aliphatic heterocycles. The van der Waals surface area contributed by atoms with Gasteiger partial charge < -0.3 is 9.72 Å². The van der Waals surface area contributed by atoms with Gasteiger partial charge in [0, 0.05) is 17.0 Å². The largest absolute Gasteiger partial charge is 0.486 e. The van der Waals surface area contributed by atoms with Gasteiger partial charge in [-0.15, -0.1) is 5.10 Å². The van der Waals surface area contributed by atoms with Crippen LogP contribution in [0.2, 0.25) is 0 Å². The van der Waals surface area contributed by atoms with Crippen LogP contribution < -0.4 is 10.3 Å². The van der Waals surface area contributed by atoms with E-state index in [1.165, 1.54) is 6.07 Å². The van der Waals surface area contributed by atoms with Gasteiger partial charge in [0.2, 0.25) is 5.56 Å². The maximum Gasteiger partial charge on any atom is 0.248 e. The maximum absolute atomic E-state index is 11.3. The summed E-state index contributed by atoms with van der Waals surface area (Å²) in [6, 6.07) is 18.7. The Hall–Kier alpha value is -3.48. The molecule has 0 spiro atoms. The van der Waals surface area contributed by atoms with Crippen molar-refractivity contribution in [2.45, 2.75) is 13.2 Å². The van der Waals surface area contributed by atoms with Crippen LogP contribution in [0.3, 0.4) is 0 Å². The van der Waals surface area contributed by atoms with E-state index >= 15 is 0 Å². The lowest BCUT2D eigenvalue weighted by molar-refractivity contribution is 0.288. The number of rotatable bonds is 5. The quantitative estimate of drug-likeness (QED) is 0.605.